The molecule has 1 aliphatic heterocycles. The number of rotatable bonds is 7. The minimum atomic E-state index is -0.493. The summed E-state index contributed by atoms with van der Waals surface area (Å²) in [5.41, 5.74) is -0.0153. The van der Waals surface area contributed by atoms with Crippen LogP contribution in [-0.2, 0) is 14.0 Å². The van der Waals surface area contributed by atoms with Crippen molar-refractivity contribution in [1.82, 2.24) is 0 Å². The molecule has 1 aromatic carbocycles. The average molecular weight is 333 g/mol. The lowest BCUT2D eigenvalue weighted by Gasteiger charge is -2.32. The number of ether oxygens (including phenoxy) is 3. The van der Waals surface area contributed by atoms with E-state index in [4.69, 9.17) is 28.8 Å². The zero-order chi connectivity index (χ0) is 17.8. The SMILES string of the molecule is COCCOc1ccc(B2OC(C)(C)C(C)(C)O2)cc1OCC#N. The van der Waals surface area contributed by atoms with Crippen molar-refractivity contribution < 1.29 is 23.5 Å². The summed E-state index contributed by atoms with van der Waals surface area (Å²) >= 11 is 0. The van der Waals surface area contributed by atoms with Gasteiger partial charge in [-0.15, -0.1) is 0 Å². The van der Waals surface area contributed by atoms with Gasteiger partial charge in [0, 0.05) is 7.11 Å². The van der Waals surface area contributed by atoms with Gasteiger partial charge in [0.2, 0.25) is 0 Å². The smallest absolute Gasteiger partial charge is 0.487 e. The van der Waals surface area contributed by atoms with E-state index in [0.717, 1.165) is 5.46 Å². The molecule has 2 rings (SSSR count). The largest absolute Gasteiger partial charge is 0.494 e. The third-order valence-electron chi connectivity index (χ3n) is 4.33. The fraction of sp³-hybridized carbons (Fsp3) is 0.588. The minimum Gasteiger partial charge on any atom is -0.487 e. The first kappa shape index (κ1) is 18.6. The lowest BCUT2D eigenvalue weighted by Crippen LogP contribution is -2.41. The van der Waals surface area contributed by atoms with Crippen LogP contribution in [0.3, 0.4) is 0 Å². The molecule has 130 valence electrons. The number of hydrogen-bond donors (Lipinski definition) is 0. The van der Waals surface area contributed by atoms with Gasteiger partial charge in [-0.2, -0.15) is 5.26 Å². The van der Waals surface area contributed by atoms with Gasteiger partial charge in [0.15, 0.2) is 18.1 Å². The van der Waals surface area contributed by atoms with Crippen LogP contribution in [0, 0.1) is 11.3 Å². The molecule has 0 radical (unpaired) electrons. The van der Waals surface area contributed by atoms with Crippen molar-refractivity contribution in [3.05, 3.63) is 18.2 Å². The molecule has 1 saturated heterocycles. The zero-order valence-corrected chi connectivity index (χ0v) is 14.9. The quantitative estimate of drug-likeness (QED) is 0.561. The highest BCUT2D eigenvalue weighted by Gasteiger charge is 2.51. The third kappa shape index (κ3) is 4.01. The molecule has 6 nitrogen and oxygen atoms in total. The monoisotopic (exact) mass is 333 g/mol. The molecule has 0 saturated carbocycles. The Morgan fingerprint density at radius 1 is 1.04 bits per heavy atom. The van der Waals surface area contributed by atoms with Gasteiger partial charge in [-0.25, -0.2) is 0 Å². The van der Waals surface area contributed by atoms with Crippen LogP contribution in [-0.4, -0.2) is 45.3 Å². The van der Waals surface area contributed by atoms with Crippen LogP contribution in [0.15, 0.2) is 18.2 Å². The number of methoxy groups -OCH3 is 1. The van der Waals surface area contributed by atoms with E-state index < -0.39 is 18.3 Å². The molecule has 0 atom stereocenters. The van der Waals surface area contributed by atoms with Gasteiger partial charge in [-0.1, -0.05) is 6.07 Å². The van der Waals surface area contributed by atoms with Crippen LogP contribution >= 0.6 is 0 Å². The van der Waals surface area contributed by atoms with Crippen molar-refractivity contribution in [2.75, 3.05) is 26.9 Å². The fourth-order valence-electron chi connectivity index (χ4n) is 2.23. The lowest BCUT2D eigenvalue weighted by molar-refractivity contribution is 0.00578. The Balaban J connectivity index is 2.21. The molecule has 0 N–H and O–H groups in total. The predicted octanol–water partition coefficient (Wildman–Crippen LogP) is 1.91. The molecule has 7 heteroatoms. The Morgan fingerprint density at radius 3 is 2.29 bits per heavy atom. The molecule has 0 bridgehead atoms. The molecular formula is C17H24BNO5. The molecule has 1 aromatic rings. The summed E-state index contributed by atoms with van der Waals surface area (Å²) in [5.74, 6) is 1.04. The maximum atomic E-state index is 8.77. The van der Waals surface area contributed by atoms with Crippen LogP contribution < -0.4 is 14.9 Å². The third-order valence-corrected chi connectivity index (χ3v) is 4.33. The maximum absolute atomic E-state index is 8.77. The van der Waals surface area contributed by atoms with E-state index in [1.165, 1.54) is 0 Å². The summed E-state index contributed by atoms with van der Waals surface area (Å²) in [6.45, 7) is 8.81. The Morgan fingerprint density at radius 2 is 1.71 bits per heavy atom. The first-order valence-electron chi connectivity index (χ1n) is 7.92. The van der Waals surface area contributed by atoms with Crippen LogP contribution in [0.2, 0.25) is 0 Å². The standard InChI is InChI=1S/C17H24BNO5/c1-16(2)17(3,4)24-18(23-16)13-6-7-14(22-11-10-20-5)15(12-13)21-9-8-19/h6-7,12H,9-11H2,1-5H3. The Bertz CT molecular complexity index is 595. The van der Waals surface area contributed by atoms with Crippen molar-refractivity contribution in [2.45, 2.75) is 38.9 Å². The van der Waals surface area contributed by atoms with Crippen LogP contribution in [0.1, 0.15) is 27.7 Å². The second kappa shape index (κ2) is 7.43. The first-order valence-corrected chi connectivity index (χ1v) is 7.92. The molecule has 1 aliphatic rings. The van der Waals surface area contributed by atoms with Gasteiger partial charge in [0.05, 0.1) is 17.8 Å². The highest BCUT2D eigenvalue weighted by Crippen LogP contribution is 2.37. The van der Waals surface area contributed by atoms with Crippen molar-refractivity contribution in [1.29, 1.82) is 5.26 Å². The molecule has 0 aliphatic carbocycles. The highest BCUT2D eigenvalue weighted by molar-refractivity contribution is 6.62. The molecular weight excluding hydrogens is 309 g/mol. The number of benzene rings is 1. The summed E-state index contributed by atoms with van der Waals surface area (Å²) in [7, 11) is 1.12. The van der Waals surface area contributed by atoms with E-state index in [2.05, 4.69) is 0 Å². The summed E-state index contributed by atoms with van der Waals surface area (Å²) in [5, 5.41) is 8.77. The van der Waals surface area contributed by atoms with Crippen molar-refractivity contribution in [3.63, 3.8) is 0 Å². The van der Waals surface area contributed by atoms with Crippen LogP contribution in [0.5, 0.6) is 11.5 Å². The van der Waals surface area contributed by atoms with Crippen LogP contribution in [0.25, 0.3) is 0 Å². The topological polar surface area (TPSA) is 69.9 Å². The van der Waals surface area contributed by atoms with E-state index in [1.54, 1.807) is 19.2 Å². The molecule has 0 spiro atoms. The highest BCUT2D eigenvalue weighted by atomic mass is 16.7. The van der Waals surface area contributed by atoms with Gasteiger partial charge in [0.25, 0.3) is 0 Å². The molecule has 0 amide bonds. The van der Waals surface area contributed by atoms with Crippen LogP contribution in [0.4, 0.5) is 0 Å². The predicted molar refractivity (Wildman–Crippen MR) is 90.6 cm³/mol. The van der Waals surface area contributed by atoms with Gasteiger partial charge in [-0.05, 0) is 45.3 Å². The second-order valence-electron chi connectivity index (χ2n) is 6.58. The van der Waals surface area contributed by atoms with E-state index in [1.807, 2.05) is 39.8 Å². The summed E-state index contributed by atoms with van der Waals surface area (Å²) in [4.78, 5) is 0. The Kier molecular flexibility index (Phi) is 5.76. The fourth-order valence-corrected chi connectivity index (χ4v) is 2.23. The van der Waals surface area contributed by atoms with E-state index in [-0.39, 0.29) is 6.61 Å². The normalized spacial score (nSPS) is 18.2. The van der Waals surface area contributed by atoms with E-state index in [9.17, 15) is 0 Å². The van der Waals surface area contributed by atoms with Crippen molar-refractivity contribution in [3.8, 4) is 17.6 Å². The Labute approximate surface area is 143 Å². The Hall–Kier alpha value is -1.75. The molecule has 1 fully saturated rings. The van der Waals surface area contributed by atoms with Gasteiger partial charge in [-0.3, -0.25) is 0 Å². The van der Waals surface area contributed by atoms with E-state index >= 15 is 0 Å². The summed E-state index contributed by atoms with van der Waals surface area (Å²) < 4.78 is 28.2. The molecule has 1 heterocycles. The molecule has 0 aromatic heterocycles. The number of nitriles is 1. The lowest BCUT2D eigenvalue weighted by atomic mass is 9.79. The summed E-state index contributed by atoms with van der Waals surface area (Å²) in [6.07, 6.45) is 0. The maximum Gasteiger partial charge on any atom is 0.494 e. The number of hydrogen-bond acceptors (Lipinski definition) is 6. The summed E-state index contributed by atoms with van der Waals surface area (Å²) in [6, 6.07) is 7.43. The van der Waals surface area contributed by atoms with Crippen molar-refractivity contribution >= 4 is 12.6 Å². The first-order chi connectivity index (χ1) is 11.3. The number of nitrogens with zero attached hydrogens (tertiary/aromatic N) is 1. The molecule has 0 unspecified atom stereocenters. The second-order valence-corrected chi connectivity index (χ2v) is 6.58. The van der Waals surface area contributed by atoms with Crippen molar-refractivity contribution in [2.24, 2.45) is 0 Å². The van der Waals surface area contributed by atoms with Gasteiger partial charge in [0.1, 0.15) is 12.7 Å². The van der Waals surface area contributed by atoms with Gasteiger partial charge < -0.3 is 23.5 Å². The van der Waals surface area contributed by atoms with Gasteiger partial charge >= 0.3 is 7.12 Å². The molecule has 24 heavy (non-hydrogen) atoms. The zero-order valence-electron chi connectivity index (χ0n) is 14.9. The van der Waals surface area contributed by atoms with E-state index in [0.29, 0.717) is 24.7 Å². The minimum absolute atomic E-state index is 0.0620. The average Bonchev–Trinajstić information content (AvgIpc) is 2.74.